The van der Waals surface area contributed by atoms with Crippen LogP contribution in [0, 0.1) is 0 Å². The highest BCUT2D eigenvalue weighted by molar-refractivity contribution is 7.87. The van der Waals surface area contributed by atoms with Crippen LogP contribution < -0.4 is 0 Å². The van der Waals surface area contributed by atoms with Gasteiger partial charge in [0.1, 0.15) is 5.75 Å². The third kappa shape index (κ3) is 4.40. The van der Waals surface area contributed by atoms with Gasteiger partial charge in [0.05, 0.1) is 0 Å². The van der Waals surface area contributed by atoms with Crippen molar-refractivity contribution in [2.24, 2.45) is 0 Å². The van der Waals surface area contributed by atoms with Gasteiger partial charge in [0.25, 0.3) is 0 Å². The Balaban J connectivity index is 2.72. The molecular weight excluding hydrogens is 243 g/mol. The van der Waals surface area contributed by atoms with E-state index in [1.165, 1.54) is 0 Å². The van der Waals surface area contributed by atoms with Crippen molar-refractivity contribution in [3.05, 3.63) is 34.9 Å². The number of benzene rings is 1. The molecule has 0 N–H and O–H groups in total. The largest absolute Gasteiger partial charge is 0.309 e. The molecule has 0 heterocycles. The van der Waals surface area contributed by atoms with E-state index in [9.17, 15) is 17.1 Å². The van der Waals surface area contributed by atoms with Crippen LogP contribution in [0.3, 0.4) is 0 Å². The Bertz CT molecular complexity index is 470. The Kier molecular flexibility index (Phi) is 3.82. The maximum absolute atomic E-state index is 12.2. The molecule has 82 valence electrons. The Morgan fingerprint density at radius 2 is 1.93 bits per heavy atom. The molecule has 0 aliphatic heterocycles. The first-order valence-corrected chi connectivity index (χ1v) is 5.99. The molecule has 0 atom stereocenters. The van der Waals surface area contributed by atoms with Crippen molar-refractivity contribution in [2.45, 2.75) is 6.42 Å². The van der Waals surface area contributed by atoms with Crippen LogP contribution in [0.25, 0.3) is 0 Å². The normalized spacial score (nSPS) is 11.3. The molecule has 6 heteroatoms. The number of hydrogen-bond acceptors (Lipinski definition) is 3. The zero-order chi connectivity index (χ0) is 11.5. The molecule has 0 spiro atoms. The fraction of sp³-hybridized carbons (Fsp3) is 0.222. The summed E-state index contributed by atoms with van der Waals surface area (Å²) in [5.41, 5.74) is 0.493. The molecule has 0 bridgehead atoms. The van der Waals surface area contributed by atoms with Crippen LogP contribution in [0.5, 0.6) is 0 Å². The van der Waals surface area contributed by atoms with E-state index in [0.717, 1.165) is 0 Å². The van der Waals surface area contributed by atoms with Gasteiger partial charge in [-0.05, 0) is 11.6 Å². The van der Waals surface area contributed by atoms with E-state index in [1.54, 1.807) is 24.3 Å². The van der Waals surface area contributed by atoms with Gasteiger partial charge in [-0.2, -0.15) is 8.42 Å². The second kappa shape index (κ2) is 4.72. The molecule has 1 rings (SSSR count). The molecule has 1 aromatic carbocycles. The molecule has 0 radical (unpaired) electrons. The highest BCUT2D eigenvalue weighted by Gasteiger charge is 2.15. The van der Waals surface area contributed by atoms with Crippen molar-refractivity contribution >= 4 is 27.6 Å². The number of halogens is 2. The third-order valence-electron chi connectivity index (χ3n) is 1.68. The minimum Gasteiger partial charge on any atom is -0.298 e. The van der Waals surface area contributed by atoms with Crippen molar-refractivity contribution in [3.8, 4) is 0 Å². The van der Waals surface area contributed by atoms with Gasteiger partial charge in [0, 0.05) is 11.4 Å². The lowest BCUT2D eigenvalue weighted by atomic mass is 10.1. The topological polar surface area (TPSA) is 51.2 Å². The van der Waals surface area contributed by atoms with Gasteiger partial charge < -0.3 is 0 Å². The number of ketones is 1. The second-order valence-electron chi connectivity index (χ2n) is 2.99. The lowest BCUT2D eigenvalue weighted by Gasteiger charge is -2.01. The molecule has 1 aromatic rings. The molecule has 0 amide bonds. The van der Waals surface area contributed by atoms with Crippen molar-refractivity contribution < 1.29 is 17.1 Å². The molecule has 0 aliphatic carbocycles. The maximum Gasteiger partial charge on any atom is 0.309 e. The predicted octanol–water partition coefficient (Wildman–Crippen LogP) is 1.75. The summed E-state index contributed by atoms with van der Waals surface area (Å²) >= 11 is 5.74. The van der Waals surface area contributed by atoms with Crippen LogP contribution in [-0.2, 0) is 21.4 Å². The van der Waals surface area contributed by atoms with Gasteiger partial charge in [0.2, 0.25) is 0 Å². The molecule has 15 heavy (non-hydrogen) atoms. The SMILES string of the molecule is O=C(Cc1ccccc1Cl)CS(=O)(=O)F. The summed E-state index contributed by atoms with van der Waals surface area (Å²) in [7, 11) is -4.75. The number of carbonyl (C=O) groups excluding carboxylic acids is 1. The van der Waals surface area contributed by atoms with E-state index in [4.69, 9.17) is 11.6 Å². The van der Waals surface area contributed by atoms with Crippen molar-refractivity contribution in [3.63, 3.8) is 0 Å². The van der Waals surface area contributed by atoms with Crippen molar-refractivity contribution in [1.82, 2.24) is 0 Å². The van der Waals surface area contributed by atoms with Crippen LogP contribution in [0.15, 0.2) is 24.3 Å². The second-order valence-corrected chi connectivity index (χ2v) is 4.76. The number of rotatable bonds is 4. The zero-order valence-corrected chi connectivity index (χ0v) is 9.18. The Morgan fingerprint density at radius 3 is 2.47 bits per heavy atom. The molecule has 0 aromatic heterocycles. The van der Waals surface area contributed by atoms with Gasteiger partial charge in [-0.3, -0.25) is 4.79 Å². The summed E-state index contributed by atoms with van der Waals surface area (Å²) in [6.45, 7) is 0. The summed E-state index contributed by atoms with van der Waals surface area (Å²) in [5, 5.41) is 0.363. The fourth-order valence-electron chi connectivity index (χ4n) is 1.10. The molecule has 0 fully saturated rings. The zero-order valence-electron chi connectivity index (χ0n) is 7.61. The maximum atomic E-state index is 12.2. The quantitative estimate of drug-likeness (QED) is 0.765. The summed E-state index contributed by atoms with van der Waals surface area (Å²) in [6, 6.07) is 6.51. The van der Waals surface area contributed by atoms with E-state index in [1.807, 2.05) is 0 Å². The number of Topliss-reactive ketones (excluding diaryl/α,β-unsaturated/α-hetero) is 1. The van der Waals surface area contributed by atoms with Gasteiger partial charge in [0.15, 0.2) is 5.78 Å². The predicted molar refractivity (Wildman–Crippen MR) is 55.1 cm³/mol. The van der Waals surface area contributed by atoms with E-state index >= 15 is 0 Å². The summed E-state index contributed by atoms with van der Waals surface area (Å²) in [4.78, 5) is 11.1. The number of carbonyl (C=O) groups is 1. The molecule has 0 saturated carbocycles. The van der Waals surface area contributed by atoms with Crippen molar-refractivity contribution in [2.75, 3.05) is 5.75 Å². The first-order valence-electron chi connectivity index (χ1n) is 4.06. The summed E-state index contributed by atoms with van der Waals surface area (Å²) < 4.78 is 32.6. The molecule has 0 unspecified atom stereocenters. The van der Waals surface area contributed by atoms with Gasteiger partial charge in [-0.15, -0.1) is 3.89 Å². The van der Waals surface area contributed by atoms with E-state index in [0.29, 0.717) is 10.6 Å². The smallest absolute Gasteiger partial charge is 0.298 e. The lowest BCUT2D eigenvalue weighted by Crippen LogP contribution is -2.14. The Hall–Kier alpha value is -0.940. The minimum atomic E-state index is -4.75. The van der Waals surface area contributed by atoms with Crippen LogP contribution >= 0.6 is 11.6 Å². The summed E-state index contributed by atoms with van der Waals surface area (Å²) in [5.74, 6) is -1.82. The van der Waals surface area contributed by atoms with Crippen LogP contribution in [0.4, 0.5) is 3.89 Å². The molecular formula is C9H8ClFO3S. The summed E-state index contributed by atoms with van der Waals surface area (Å²) in [6.07, 6.45) is -0.178. The number of hydrogen-bond donors (Lipinski definition) is 0. The van der Waals surface area contributed by atoms with Gasteiger partial charge in [-0.1, -0.05) is 29.8 Å². The Labute approximate surface area is 92.1 Å². The van der Waals surface area contributed by atoms with E-state index < -0.39 is 21.8 Å². The first kappa shape index (κ1) is 12.1. The van der Waals surface area contributed by atoms with E-state index in [-0.39, 0.29) is 6.42 Å². The fourth-order valence-corrected chi connectivity index (χ4v) is 1.79. The average Bonchev–Trinajstić information content (AvgIpc) is 2.05. The van der Waals surface area contributed by atoms with Crippen molar-refractivity contribution in [1.29, 1.82) is 0 Å². The highest BCUT2D eigenvalue weighted by atomic mass is 35.5. The highest BCUT2D eigenvalue weighted by Crippen LogP contribution is 2.15. The first-order chi connectivity index (χ1) is 6.88. The Morgan fingerprint density at radius 1 is 1.33 bits per heavy atom. The van der Waals surface area contributed by atoms with Crippen LogP contribution in [0.2, 0.25) is 5.02 Å². The molecule has 0 saturated heterocycles. The van der Waals surface area contributed by atoms with Gasteiger partial charge >= 0.3 is 10.2 Å². The standard InChI is InChI=1S/C9H8ClFO3S/c10-9-4-2-1-3-7(9)5-8(12)6-15(11,13)14/h1-4H,5-6H2. The van der Waals surface area contributed by atoms with Crippen LogP contribution in [0.1, 0.15) is 5.56 Å². The molecule has 0 aliphatic rings. The lowest BCUT2D eigenvalue weighted by molar-refractivity contribution is -0.116. The molecule has 3 nitrogen and oxygen atoms in total. The van der Waals surface area contributed by atoms with Gasteiger partial charge in [-0.25, -0.2) is 0 Å². The third-order valence-corrected chi connectivity index (χ3v) is 2.71. The van der Waals surface area contributed by atoms with Crippen LogP contribution in [-0.4, -0.2) is 20.0 Å². The minimum absolute atomic E-state index is 0.178. The average molecular weight is 251 g/mol. The van der Waals surface area contributed by atoms with E-state index in [2.05, 4.69) is 0 Å². The monoisotopic (exact) mass is 250 g/mol.